The Morgan fingerprint density at radius 2 is 1.11 bits per heavy atom. The van der Waals surface area contributed by atoms with E-state index in [0.29, 0.717) is 5.56 Å². The van der Waals surface area contributed by atoms with E-state index in [2.05, 4.69) is 138 Å². The molecule has 0 saturated carbocycles. The summed E-state index contributed by atoms with van der Waals surface area (Å²) < 4.78 is 2.14. The Morgan fingerprint density at radius 1 is 0.511 bits per heavy atom. The molecule has 3 heteroatoms. The molecular formula is C42H25N3. The maximum absolute atomic E-state index is 10.3. The highest BCUT2D eigenvalue weighted by molar-refractivity contribution is 6.23. The number of benzene rings is 7. The Kier molecular flexibility index (Phi) is 5.57. The summed E-state index contributed by atoms with van der Waals surface area (Å²) in [5, 5.41) is 19.7. The first kappa shape index (κ1) is 25.3. The first-order valence-electron chi connectivity index (χ1n) is 15.1. The third-order valence-corrected chi connectivity index (χ3v) is 9.07. The molecule has 7 aromatic carbocycles. The van der Waals surface area contributed by atoms with Crippen LogP contribution >= 0.6 is 0 Å². The van der Waals surface area contributed by atoms with Crippen LogP contribution in [0.1, 0.15) is 5.56 Å². The van der Waals surface area contributed by atoms with Gasteiger partial charge in [-0.3, -0.25) is 4.57 Å². The van der Waals surface area contributed by atoms with E-state index in [1.165, 1.54) is 43.4 Å². The van der Waals surface area contributed by atoms with Gasteiger partial charge in [-0.1, -0.05) is 115 Å². The molecule has 0 fully saturated rings. The highest BCUT2D eigenvalue weighted by Gasteiger charge is 2.20. The largest absolute Gasteiger partial charge is 0.293 e. The molecule has 0 N–H and O–H groups in total. The molecule has 0 aliphatic heterocycles. The fourth-order valence-electron chi connectivity index (χ4n) is 7.18. The molecule has 0 atom stereocenters. The van der Waals surface area contributed by atoms with Crippen LogP contribution in [0, 0.1) is 11.3 Å². The van der Waals surface area contributed by atoms with Crippen LogP contribution < -0.4 is 0 Å². The van der Waals surface area contributed by atoms with Gasteiger partial charge in [0.1, 0.15) is 11.7 Å². The molecule has 9 aromatic rings. The zero-order chi connectivity index (χ0) is 29.9. The zero-order valence-electron chi connectivity index (χ0n) is 24.3. The van der Waals surface area contributed by atoms with Gasteiger partial charge in [-0.15, -0.1) is 0 Å². The van der Waals surface area contributed by atoms with Crippen molar-refractivity contribution >= 4 is 54.3 Å². The van der Waals surface area contributed by atoms with Gasteiger partial charge < -0.3 is 0 Å². The molecule has 2 aromatic heterocycles. The van der Waals surface area contributed by atoms with Gasteiger partial charge in [-0.2, -0.15) is 5.26 Å². The van der Waals surface area contributed by atoms with Gasteiger partial charge >= 0.3 is 0 Å². The first-order chi connectivity index (χ1) is 22.3. The summed E-state index contributed by atoms with van der Waals surface area (Å²) in [6.45, 7) is 0. The monoisotopic (exact) mass is 571 g/mol. The Labute approximate surface area is 259 Å². The summed E-state index contributed by atoms with van der Waals surface area (Å²) in [5.74, 6) is 0. The third-order valence-electron chi connectivity index (χ3n) is 9.07. The second-order valence-electron chi connectivity index (χ2n) is 11.4. The van der Waals surface area contributed by atoms with Gasteiger partial charge in [0.2, 0.25) is 0 Å². The Balaban J connectivity index is 1.39. The molecule has 0 amide bonds. The number of rotatable bonds is 3. The lowest BCUT2D eigenvalue weighted by Gasteiger charge is -2.19. The minimum absolute atomic E-state index is 0.605. The molecule has 0 radical (unpaired) electrons. The topological polar surface area (TPSA) is 41.6 Å². The molecule has 0 saturated heterocycles. The van der Waals surface area contributed by atoms with Gasteiger partial charge in [0.15, 0.2) is 0 Å². The van der Waals surface area contributed by atoms with Crippen LogP contribution in [-0.4, -0.2) is 9.55 Å². The standard InChI is InChI=1S/C42H25N3/c43-26-29-23-22-28(25-39(29)45-38-21-8-7-14-31(38)37-20-10-24-44-42(37)45)40-33-15-3-5-17-35(33)41(36-18-6-4-16-34(36)40)32-19-9-12-27-11-1-2-13-30(27)32/h1-25H. The zero-order valence-corrected chi connectivity index (χ0v) is 24.3. The summed E-state index contributed by atoms with van der Waals surface area (Å²) >= 11 is 0. The second-order valence-corrected chi connectivity index (χ2v) is 11.4. The van der Waals surface area contributed by atoms with Crippen LogP contribution in [0.3, 0.4) is 0 Å². The van der Waals surface area contributed by atoms with Crippen molar-refractivity contribution in [2.75, 3.05) is 0 Å². The van der Waals surface area contributed by atoms with E-state index in [0.717, 1.165) is 38.8 Å². The average Bonchev–Trinajstić information content (AvgIpc) is 3.44. The van der Waals surface area contributed by atoms with E-state index in [4.69, 9.17) is 4.98 Å². The Bertz CT molecular complexity index is 2560. The highest BCUT2D eigenvalue weighted by atomic mass is 15.0. The van der Waals surface area contributed by atoms with Crippen LogP contribution in [0.15, 0.2) is 152 Å². The lowest BCUT2D eigenvalue weighted by atomic mass is 9.84. The average molecular weight is 572 g/mol. The van der Waals surface area contributed by atoms with E-state index < -0.39 is 0 Å². The summed E-state index contributed by atoms with van der Waals surface area (Å²) in [6, 6.07) is 53.7. The molecule has 3 nitrogen and oxygen atoms in total. The number of pyridine rings is 1. The lowest BCUT2D eigenvalue weighted by molar-refractivity contribution is 1.13. The molecule has 0 bridgehead atoms. The third kappa shape index (κ3) is 3.73. The van der Waals surface area contributed by atoms with Crippen LogP contribution in [0.25, 0.3) is 82.2 Å². The molecule has 0 aliphatic rings. The lowest BCUT2D eigenvalue weighted by Crippen LogP contribution is -2.00. The number of hydrogen-bond donors (Lipinski definition) is 0. The molecular weight excluding hydrogens is 546 g/mol. The normalized spacial score (nSPS) is 11.5. The maximum Gasteiger partial charge on any atom is 0.145 e. The van der Waals surface area contributed by atoms with Gasteiger partial charge in [-0.25, -0.2) is 4.98 Å². The van der Waals surface area contributed by atoms with Crippen molar-refractivity contribution in [3.05, 3.63) is 157 Å². The van der Waals surface area contributed by atoms with E-state index in [-0.39, 0.29) is 0 Å². The molecule has 9 rings (SSSR count). The van der Waals surface area contributed by atoms with Gasteiger partial charge in [-0.05, 0) is 84.9 Å². The first-order valence-corrected chi connectivity index (χ1v) is 15.1. The smallest absolute Gasteiger partial charge is 0.145 e. The quantitative estimate of drug-likeness (QED) is 0.198. The van der Waals surface area contributed by atoms with Crippen LogP contribution in [0.2, 0.25) is 0 Å². The van der Waals surface area contributed by atoms with Crippen LogP contribution in [0.4, 0.5) is 0 Å². The Hall–Kier alpha value is -6.24. The van der Waals surface area contributed by atoms with Crippen LogP contribution in [0.5, 0.6) is 0 Å². The molecule has 208 valence electrons. The van der Waals surface area contributed by atoms with Crippen molar-refractivity contribution in [2.45, 2.75) is 0 Å². The fourth-order valence-corrected chi connectivity index (χ4v) is 7.18. The summed E-state index contributed by atoms with van der Waals surface area (Å²) in [7, 11) is 0. The molecule has 45 heavy (non-hydrogen) atoms. The summed E-state index contributed by atoms with van der Waals surface area (Å²) in [4.78, 5) is 4.80. The van der Waals surface area contributed by atoms with E-state index in [9.17, 15) is 5.26 Å². The summed E-state index contributed by atoms with van der Waals surface area (Å²) in [6.07, 6.45) is 1.82. The van der Waals surface area contributed by atoms with Gasteiger partial charge in [0, 0.05) is 17.0 Å². The highest BCUT2D eigenvalue weighted by Crippen LogP contribution is 2.46. The van der Waals surface area contributed by atoms with Crippen molar-refractivity contribution in [3.63, 3.8) is 0 Å². The van der Waals surface area contributed by atoms with Crippen molar-refractivity contribution in [3.8, 4) is 34.0 Å². The van der Waals surface area contributed by atoms with E-state index >= 15 is 0 Å². The van der Waals surface area contributed by atoms with E-state index in [1.54, 1.807) is 0 Å². The number of hydrogen-bond acceptors (Lipinski definition) is 2. The van der Waals surface area contributed by atoms with Crippen molar-refractivity contribution in [2.24, 2.45) is 0 Å². The molecule has 0 aliphatic carbocycles. The number of fused-ring (bicyclic) bond motifs is 6. The number of para-hydroxylation sites is 1. The van der Waals surface area contributed by atoms with Crippen LogP contribution in [-0.2, 0) is 0 Å². The molecule has 0 spiro atoms. The number of nitrogens with zero attached hydrogens (tertiary/aromatic N) is 3. The SMILES string of the molecule is N#Cc1ccc(-c2c3ccccc3c(-c3cccc4ccccc34)c3ccccc23)cc1-n1c2ccccc2c2cccnc21. The van der Waals surface area contributed by atoms with Crippen molar-refractivity contribution in [1.82, 2.24) is 9.55 Å². The van der Waals surface area contributed by atoms with Crippen molar-refractivity contribution < 1.29 is 0 Å². The van der Waals surface area contributed by atoms with Gasteiger partial charge in [0.25, 0.3) is 0 Å². The number of nitriles is 1. The minimum atomic E-state index is 0.605. The summed E-state index contributed by atoms with van der Waals surface area (Å²) in [5.41, 5.74) is 7.98. The fraction of sp³-hybridized carbons (Fsp3) is 0. The predicted molar refractivity (Wildman–Crippen MR) is 187 cm³/mol. The maximum atomic E-state index is 10.3. The Morgan fingerprint density at radius 3 is 1.84 bits per heavy atom. The van der Waals surface area contributed by atoms with E-state index in [1.807, 2.05) is 24.4 Å². The second kappa shape index (κ2) is 9.91. The molecule has 2 heterocycles. The predicted octanol–water partition coefficient (Wildman–Crippen LogP) is 10.8. The molecule has 0 unspecified atom stereocenters. The van der Waals surface area contributed by atoms with Gasteiger partial charge in [0.05, 0.1) is 16.8 Å². The number of aromatic nitrogens is 2. The van der Waals surface area contributed by atoms with Crippen molar-refractivity contribution in [1.29, 1.82) is 5.26 Å². The minimum Gasteiger partial charge on any atom is -0.293 e.